The molecule has 1 aromatic carbocycles. The Balaban J connectivity index is 1.97. The van der Waals surface area contributed by atoms with E-state index in [0.29, 0.717) is 17.3 Å². The first-order valence-corrected chi connectivity index (χ1v) is 6.91. The van der Waals surface area contributed by atoms with Crippen molar-refractivity contribution in [2.24, 2.45) is 0 Å². The summed E-state index contributed by atoms with van der Waals surface area (Å²) in [4.78, 5) is 12.6. The Bertz CT molecular complexity index is 790. The Labute approximate surface area is 127 Å². The number of fused-ring (bicyclic) bond motifs is 1. The lowest BCUT2D eigenvalue weighted by molar-refractivity contribution is 0.876. The van der Waals surface area contributed by atoms with Crippen LogP contribution in [0.4, 0.5) is 11.6 Å². The third kappa shape index (κ3) is 2.73. The number of halogens is 1. The fourth-order valence-corrected chi connectivity index (χ4v) is 2.48. The minimum Gasteiger partial charge on any atom is -0.384 e. The Morgan fingerprint density at radius 2 is 1.95 bits per heavy atom. The predicted molar refractivity (Wildman–Crippen MR) is 85.2 cm³/mol. The topological polar surface area (TPSA) is 76.7 Å². The predicted octanol–water partition coefficient (Wildman–Crippen LogP) is 3.43. The smallest absolute Gasteiger partial charge is 0.166 e. The molecule has 0 bridgehead atoms. The molecule has 2 aromatic heterocycles. The zero-order valence-corrected chi connectivity index (χ0v) is 12.2. The molecule has 0 spiro atoms. The highest BCUT2D eigenvalue weighted by molar-refractivity contribution is 6.31. The standard InChI is InChI=1S/C15H14ClN5/c1-9(10-4-2-3-5-12(10)16)20-14-11-6-7-13(17)21-15(11)19-8-18-14/h2-9H,1H3,(H3,17,18,19,20,21). The first kappa shape index (κ1) is 13.6. The van der Waals surface area contributed by atoms with Crippen molar-refractivity contribution in [3.05, 3.63) is 53.3 Å². The maximum absolute atomic E-state index is 6.22. The van der Waals surface area contributed by atoms with Crippen molar-refractivity contribution in [3.8, 4) is 0 Å². The molecule has 0 aliphatic rings. The number of pyridine rings is 1. The lowest BCUT2D eigenvalue weighted by Gasteiger charge is -2.17. The fraction of sp³-hybridized carbons (Fsp3) is 0.133. The number of benzene rings is 1. The Morgan fingerprint density at radius 3 is 2.76 bits per heavy atom. The number of hydrogen-bond donors (Lipinski definition) is 2. The molecule has 106 valence electrons. The van der Waals surface area contributed by atoms with Gasteiger partial charge in [-0.2, -0.15) is 0 Å². The van der Waals surface area contributed by atoms with Crippen molar-refractivity contribution in [3.63, 3.8) is 0 Å². The molecule has 3 aromatic rings. The van der Waals surface area contributed by atoms with Gasteiger partial charge in [0.1, 0.15) is 18.0 Å². The molecule has 0 aliphatic carbocycles. The van der Waals surface area contributed by atoms with E-state index in [1.54, 1.807) is 6.07 Å². The van der Waals surface area contributed by atoms with E-state index in [2.05, 4.69) is 20.3 Å². The maximum Gasteiger partial charge on any atom is 0.166 e. The number of rotatable bonds is 3. The van der Waals surface area contributed by atoms with Gasteiger partial charge in [0.05, 0.1) is 11.4 Å². The molecule has 3 rings (SSSR count). The lowest BCUT2D eigenvalue weighted by atomic mass is 10.1. The maximum atomic E-state index is 6.22. The van der Waals surface area contributed by atoms with Crippen LogP contribution in [0.2, 0.25) is 5.02 Å². The first-order valence-electron chi connectivity index (χ1n) is 6.53. The van der Waals surface area contributed by atoms with E-state index in [9.17, 15) is 0 Å². The second-order valence-electron chi connectivity index (χ2n) is 4.72. The quantitative estimate of drug-likeness (QED) is 0.775. The second kappa shape index (κ2) is 5.54. The Kier molecular flexibility index (Phi) is 3.58. The Hall–Kier alpha value is -2.40. The summed E-state index contributed by atoms with van der Waals surface area (Å²) in [6.07, 6.45) is 1.47. The monoisotopic (exact) mass is 299 g/mol. The molecule has 6 heteroatoms. The number of nitrogens with zero attached hydrogens (tertiary/aromatic N) is 3. The molecule has 0 fully saturated rings. The summed E-state index contributed by atoms with van der Waals surface area (Å²) in [5.41, 5.74) is 7.25. The number of aromatic nitrogens is 3. The molecule has 0 saturated heterocycles. The number of nitrogens with one attached hydrogen (secondary N) is 1. The summed E-state index contributed by atoms with van der Waals surface area (Å²) in [5.74, 6) is 1.14. The minimum atomic E-state index is 0.00866. The SMILES string of the molecule is CC(Nc1ncnc2nc(N)ccc12)c1ccccc1Cl. The van der Waals surface area contributed by atoms with Gasteiger partial charge in [-0.15, -0.1) is 0 Å². The van der Waals surface area contributed by atoms with Gasteiger partial charge < -0.3 is 11.1 Å². The van der Waals surface area contributed by atoms with E-state index < -0.39 is 0 Å². The van der Waals surface area contributed by atoms with Crippen LogP contribution < -0.4 is 11.1 Å². The average molecular weight is 300 g/mol. The van der Waals surface area contributed by atoms with E-state index in [1.165, 1.54) is 6.33 Å². The van der Waals surface area contributed by atoms with Crippen LogP contribution in [0.1, 0.15) is 18.5 Å². The summed E-state index contributed by atoms with van der Waals surface area (Å²) in [5, 5.41) is 4.89. The largest absolute Gasteiger partial charge is 0.384 e. The van der Waals surface area contributed by atoms with Gasteiger partial charge in [-0.25, -0.2) is 15.0 Å². The number of hydrogen-bond acceptors (Lipinski definition) is 5. The van der Waals surface area contributed by atoms with E-state index >= 15 is 0 Å². The third-order valence-electron chi connectivity index (χ3n) is 3.24. The van der Waals surface area contributed by atoms with Gasteiger partial charge in [0, 0.05) is 5.02 Å². The van der Waals surface area contributed by atoms with E-state index in [0.717, 1.165) is 16.0 Å². The van der Waals surface area contributed by atoms with Crippen molar-refractivity contribution in [2.75, 3.05) is 11.1 Å². The van der Waals surface area contributed by atoms with E-state index in [1.807, 2.05) is 37.3 Å². The molecule has 5 nitrogen and oxygen atoms in total. The number of nitrogen functional groups attached to an aromatic ring is 1. The van der Waals surface area contributed by atoms with Crippen molar-refractivity contribution in [1.82, 2.24) is 15.0 Å². The first-order chi connectivity index (χ1) is 10.1. The summed E-state index contributed by atoms with van der Waals surface area (Å²) in [6.45, 7) is 2.03. The van der Waals surface area contributed by atoms with Gasteiger partial charge in [-0.05, 0) is 30.7 Å². The van der Waals surface area contributed by atoms with Crippen LogP contribution in [0.15, 0.2) is 42.7 Å². The molecule has 0 amide bonds. The summed E-state index contributed by atoms with van der Waals surface area (Å²) in [7, 11) is 0. The van der Waals surface area contributed by atoms with Crippen LogP contribution >= 0.6 is 11.6 Å². The van der Waals surface area contributed by atoms with Gasteiger partial charge >= 0.3 is 0 Å². The third-order valence-corrected chi connectivity index (χ3v) is 3.59. The van der Waals surface area contributed by atoms with Gasteiger partial charge in [0.25, 0.3) is 0 Å². The number of nitrogens with two attached hydrogens (primary N) is 1. The average Bonchev–Trinajstić information content (AvgIpc) is 2.47. The van der Waals surface area contributed by atoms with Crippen LogP contribution in [0.25, 0.3) is 11.0 Å². The van der Waals surface area contributed by atoms with Crippen molar-refractivity contribution in [1.29, 1.82) is 0 Å². The van der Waals surface area contributed by atoms with Crippen molar-refractivity contribution in [2.45, 2.75) is 13.0 Å². The van der Waals surface area contributed by atoms with E-state index in [4.69, 9.17) is 17.3 Å². The molecule has 1 atom stereocenters. The van der Waals surface area contributed by atoms with Crippen molar-refractivity contribution >= 4 is 34.3 Å². The zero-order chi connectivity index (χ0) is 14.8. The highest BCUT2D eigenvalue weighted by Gasteiger charge is 2.12. The van der Waals surface area contributed by atoms with E-state index in [-0.39, 0.29) is 6.04 Å². The van der Waals surface area contributed by atoms with Crippen LogP contribution in [0.5, 0.6) is 0 Å². The van der Waals surface area contributed by atoms with Gasteiger partial charge in [-0.1, -0.05) is 29.8 Å². The Morgan fingerprint density at radius 1 is 1.14 bits per heavy atom. The molecule has 0 saturated carbocycles. The van der Waals surface area contributed by atoms with Crippen LogP contribution in [-0.2, 0) is 0 Å². The number of anilines is 2. The van der Waals surface area contributed by atoms with Gasteiger partial charge in [-0.3, -0.25) is 0 Å². The van der Waals surface area contributed by atoms with Gasteiger partial charge in [0.2, 0.25) is 0 Å². The highest BCUT2D eigenvalue weighted by Crippen LogP contribution is 2.27. The molecule has 3 N–H and O–H groups in total. The molecule has 1 unspecified atom stereocenters. The fourth-order valence-electron chi connectivity index (χ4n) is 2.18. The summed E-state index contributed by atoms with van der Waals surface area (Å²) >= 11 is 6.22. The second-order valence-corrected chi connectivity index (χ2v) is 5.12. The molecular formula is C15H14ClN5. The molecule has 0 aliphatic heterocycles. The molecule has 2 heterocycles. The summed E-state index contributed by atoms with van der Waals surface area (Å²) < 4.78 is 0. The van der Waals surface area contributed by atoms with Crippen LogP contribution in [-0.4, -0.2) is 15.0 Å². The highest BCUT2D eigenvalue weighted by atomic mass is 35.5. The van der Waals surface area contributed by atoms with Gasteiger partial charge in [0.15, 0.2) is 5.65 Å². The normalized spacial score (nSPS) is 12.3. The minimum absolute atomic E-state index is 0.00866. The van der Waals surface area contributed by atoms with Crippen LogP contribution in [0, 0.1) is 0 Å². The molecule has 21 heavy (non-hydrogen) atoms. The zero-order valence-electron chi connectivity index (χ0n) is 11.4. The van der Waals surface area contributed by atoms with Crippen molar-refractivity contribution < 1.29 is 0 Å². The summed E-state index contributed by atoms with van der Waals surface area (Å²) in [6, 6.07) is 11.3. The van der Waals surface area contributed by atoms with Crippen LogP contribution in [0.3, 0.4) is 0 Å². The lowest BCUT2D eigenvalue weighted by Crippen LogP contribution is -2.09. The molecule has 0 radical (unpaired) electrons. The molecular weight excluding hydrogens is 286 g/mol.